The standard InChI is InChI=1S/C17H25NOS/c1-13-12-15(10-11-19-13)18-14-6-8-17(9-7-14)20-16-4-2-3-5-16/h6-9,13,15-16,18H,2-5,10-12H2,1H3. The van der Waals surface area contributed by atoms with E-state index in [1.807, 2.05) is 0 Å². The van der Waals surface area contributed by atoms with E-state index in [1.165, 1.54) is 36.3 Å². The molecule has 20 heavy (non-hydrogen) atoms. The van der Waals surface area contributed by atoms with Crippen LogP contribution in [0.2, 0.25) is 0 Å². The highest BCUT2D eigenvalue weighted by Gasteiger charge is 2.19. The highest BCUT2D eigenvalue weighted by Crippen LogP contribution is 2.35. The number of hydrogen-bond donors (Lipinski definition) is 1. The van der Waals surface area contributed by atoms with Gasteiger partial charge in [0.1, 0.15) is 0 Å². The van der Waals surface area contributed by atoms with Crippen LogP contribution in [0.25, 0.3) is 0 Å². The predicted octanol–water partition coefficient (Wildman–Crippen LogP) is 4.70. The highest BCUT2D eigenvalue weighted by atomic mass is 32.2. The molecule has 0 aromatic heterocycles. The summed E-state index contributed by atoms with van der Waals surface area (Å²) < 4.78 is 5.60. The van der Waals surface area contributed by atoms with Crippen LogP contribution in [-0.2, 0) is 4.74 Å². The second-order valence-corrected chi connectivity index (χ2v) is 7.47. The first kappa shape index (κ1) is 14.3. The number of nitrogens with one attached hydrogen (secondary N) is 1. The van der Waals surface area contributed by atoms with Crippen LogP contribution in [-0.4, -0.2) is 24.0 Å². The second kappa shape index (κ2) is 6.86. The number of anilines is 1. The lowest BCUT2D eigenvalue weighted by molar-refractivity contribution is 0.0232. The Balaban J connectivity index is 1.52. The molecule has 0 radical (unpaired) electrons. The van der Waals surface area contributed by atoms with E-state index >= 15 is 0 Å². The van der Waals surface area contributed by atoms with E-state index < -0.39 is 0 Å². The van der Waals surface area contributed by atoms with Crippen LogP contribution in [0, 0.1) is 0 Å². The van der Waals surface area contributed by atoms with Crippen LogP contribution in [0.5, 0.6) is 0 Å². The van der Waals surface area contributed by atoms with Crippen molar-refractivity contribution in [3.05, 3.63) is 24.3 Å². The van der Waals surface area contributed by atoms with Gasteiger partial charge in [0.05, 0.1) is 6.10 Å². The average molecular weight is 291 g/mol. The van der Waals surface area contributed by atoms with E-state index in [4.69, 9.17) is 4.74 Å². The first-order valence-corrected chi connectivity index (χ1v) is 8.82. The van der Waals surface area contributed by atoms with Gasteiger partial charge in [-0.25, -0.2) is 0 Å². The Bertz CT molecular complexity index is 414. The summed E-state index contributed by atoms with van der Waals surface area (Å²) in [4.78, 5) is 1.42. The molecule has 3 rings (SSSR count). The van der Waals surface area contributed by atoms with Crippen molar-refractivity contribution in [1.29, 1.82) is 0 Å². The molecule has 2 unspecified atom stereocenters. The molecule has 1 aromatic carbocycles. The Hall–Kier alpha value is -0.670. The molecule has 1 aliphatic heterocycles. The van der Waals surface area contributed by atoms with Gasteiger partial charge in [0, 0.05) is 28.5 Å². The van der Waals surface area contributed by atoms with Gasteiger partial charge in [0.15, 0.2) is 0 Å². The van der Waals surface area contributed by atoms with Crippen molar-refractivity contribution in [1.82, 2.24) is 0 Å². The summed E-state index contributed by atoms with van der Waals surface area (Å²) in [6.45, 7) is 3.05. The van der Waals surface area contributed by atoms with Gasteiger partial charge in [-0.05, 0) is 56.9 Å². The quantitative estimate of drug-likeness (QED) is 0.868. The molecule has 1 saturated heterocycles. The van der Waals surface area contributed by atoms with Gasteiger partial charge in [0.25, 0.3) is 0 Å². The first-order chi connectivity index (χ1) is 9.79. The minimum atomic E-state index is 0.387. The van der Waals surface area contributed by atoms with Crippen LogP contribution in [0.15, 0.2) is 29.2 Å². The first-order valence-electron chi connectivity index (χ1n) is 7.94. The number of rotatable bonds is 4. The summed E-state index contributed by atoms with van der Waals surface area (Å²) in [5.74, 6) is 0. The molecule has 1 heterocycles. The lowest BCUT2D eigenvalue weighted by Crippen LogP contribution is -2.32. The minimum Gasteiger partial charge on any atom is -0.382 e. The normalized spacial score (nSPS) is 27.6. The zero-order valence-electron chi connectivity index (χ0n) is 12.3. The number of thioether (sulfide) groups is 1. The highest BCUT2D eigenvalue weighted by molar-refractivity contribution is 8.00. The molecule has 110 valence electrons. The van der Waals surface area contributed by atoms with Crippen LogP contribution in [0.3, 0.4) is 0 Å². The van der Waals surface area contributed by atoms with Crippen LogP contribution < -0.4 is 5.32 Å². The van der Waals surface area contributed by atoms with E-state index in [0.717, 1.165) is 24.7 Å². The Morgan fingerprint density at radius 2 is 1.85 bits per heavy atom. The third-order valence-electron chi connectivity index (χ3n) is 4.32. The van der Waals surface area contributed by atoms with Crippen molar-refractivity contribution in [3.63, 3.8) is 0 Å². The third-order valence-corrected chi connectivity index (χ3v) is 5.66. The Morgan fingerprint density at radius 3 is 2.55 bits per heavy atom. The van der Waals surface area contributed by atoms with Crippen molar-refractivity contribution in [3.8, 4) is 0 Å². The maximum Gasteiger partial charge on any atom is 0.0566 e. The van der Waals surface area contributed by atoms with Gasteiger partial charge < -0.3 is 10.1 Å². The summed E-state index contributed by atoms with van der Waals surface area (Å²) >= 11 is 2.06. The monoisotopic (exact) mass is 291 g/mol. The minimum absolute atomic E-state index is 0.387. The molecule has 2 nitrogen and oxygen atoms in total. The van der Waals surface area contributed by atoms with E-state index in [0.29, 0.717) is 12.1 Å². The fraction of sp³-hybridized carbons (Fsp3) is 0.647. The molecule has 0 spiro atoms. The largest absolute Gasteiger partial charge is 0.382 e. The molecule has 0 bridgehead atoms. The van der Waals surface area contributed by atoms with E-state index in [2.05, 4.69) is 48.3 Å². The molecular formula is C17H25NOS. The van der Waals surface area contributed by atoms with E-state index in [9.17, 15) is 0 Å². The van der Waals surface area contributed by atoms with Crippen LogP contribution in [0.4, 0.5) is 5.69 Å². The zero-order chi connectivity index (χ0) is 13.8. The van der Waals surface area contributed by atoms with Crippen LogP contribution in [0.1, 0.15) is 45.4 Å². The van der Waals surface area contributed by atoms with Crippen molar-refractivity contribution in [2.24, 2.45) is 0 Å². The number of hydrogen-bond acceptors (Lipinski definition) is 3. The summed E-state index contributed by atoms with van der Waals surface area (Å²) in [5, 5.41) is 4.49. The molecule has 2 aliphatic rings. The summed E-state index contributed by atoms with van der Waals surface area (Å²) in [6, 6.07) is 9.57. The van der Waals surface area contributed by atoms with Crippen molar-refractivity contribution in [2.45, 2.75) is 67.7 Å². The van der Waals surface area contributed by atoms with Crippen LogP contribution >= 0.6 is 11.8 Å². The molecule has 2 fully saturated rings. The molecular weight excluding hydrogens is 266 g/mol. The molecule has 3 heteroatoms. The number of benzene rings is 1. The number of ether oxygens (including phenoxy) is 1. The maximum absolute atomic E-state index is 5.60. The lowest BCUT2D eigenvalue weighted by atomic mass is 10.0. The molecule has 1 aromatic rings. The fourth-order valence-electron chi connectivity index (χ4n) is 3.19. The summed E-state index contributed by atoms with van der Waals surface area (Å²) in [5.41, 5.74) is 1.25. The average Bonchev–Trinajstić information content (AvgIpc) is 2.94. The van der Waals surface area contributed by atoms with E-state index in [1.54, 1.807) is 0 Å². The lowest BCUT2D eigenvalue weighted by Gasteiger charge is -2.28. The second-order valence-electron chi connectivity index (χ2n) is 6.10. The molecule has 1 N–H and O–H groups in total. The fourth-order valence-corrected chi connectivity index (χ4v) is 4.44. The summed E-state index contributed by atoms with van der Waals surface area (Å²) in [6.07, 6.45) is 8.23. The molecule has 1 aliphatic carbocycles. The predicted molar refractivity (Wildman–Crippen MR) is 86.6 cm³/mol. The third kappa shape index (κ3) is 3.92. The van der Waals surface area contributed by atoms with Crippen molar-refractivity contribution >= 4 is 17.4 Å². The smallest absolute Gasteiger partial charge is 0.0566 e. The Kier molecular flexibility index (Phi) is 4.90. The zero-order valence-corrected chi connectivity index (χ0v) is 13.1. The molecule has 2 atom stereocenters. The summed E-state index contributed by atoms with van der Waals surface area (Å²) in [7, 11) is 0. The maximum atomic E-state index is 5.60. The van der Waals surface area contributed by atoms with Crippen molar-refractivity contribution < 1.29 is 4.74 Å². The Labute approximate surface area is 126 Å². The van der Waals surface area contributed by atoms with Gasteiger partial charge in [0.2, 0.25) is 0 Å². The molecule has 1 saturated carbocycles. The topological polar surface area (TPSA) is 21.3 Å². The van der Waals surface area contributed by atoms with Gasteiger partial charge in [-0.1, -0.05) is 12.8 Å². The van der Waals surface area contributed by atoms with Gasteiger partial charge >= 0.3 is 0 Å². The van der Waals surface area contributed by atoms with Gasteiger partial charge in [-0.3, -0.25) is 0 Å². The molecule has 0 amide bonds. The SMILES string of the molecule is CC1CC(Nc2ccc(SC3CCCC3)cc2)CCO1. The Morgan fingerprint density at radius 1 is 1.10 bits per heavy atom. The van der Waals surface area contributed by atoms with Gasteiger partial charge in [-0.15, -0.1) is 11.8 Å². The van der Waals surface area contributed by atoms with E-state index in [-0.39, 0.29) is 0 Å². The van der Waals surface area contributed by atoms with Gasteiger partial charge in [-0.2, -0.15) is 0 Å². The van der Waals surface area contributed by atoms with Crippen molar-refractivity contribution in [2.75, 3.05) is 11.9 Å².